The summed E-state index contributed by atoms with van der Waals surface area (Å²) in [4.78, 5) is 16.6. The summed E-state index contributed by atoms with van der Waals surface area (Å²) >= 11 is 5.24. The zero-order valence-electron chi connectivity index (χ0n) is 8.05. The van der Waals surface area contributed by atoms with Crippen molar-refractivity contribution in [1.29, 1.82) is 0 Å². The minimum Gasteiger partial charge on any atom is -0.300 e. The van der Waals surface area contributed by atoms with Crippen LogP contribution < -0.4 is 0 Å². The summed E-state index contributed by atoms with van der Waals surface area (Å²) in [6.07, 6.45) is 4.01. The maximum atomic E-state index is 10.8. The SMILES string of the molecule is CC(=O)CCc1nc(Br)c(C2CC2)s1. The smallest absolute Gasteiger partial charge is 0.130 e. The number of rotatable bonds is 4. The van der Waals surface area contributed by atoms with Crippen LogP contribution in [-0.4, -0.2) is 10.8 Å². The largest absolute Gasteiger partial charge is 0.300 e. The van der Waals surface area contributed by atoms with E-state index in [9.17, 15) is 4.79 Å². The van der Waals surface area contributed by atoms with E-state index < -0.39 is 0 Å². The Bertz CT molecular complexity index is 357. The number of Topliss-reactive ketones (excluding diaryl/α,β-unsaturated/α-hetero) is 1. The van der Waals surface area contributed by atoms with E-state index >= 15 is 0 Å². The first-order chi connectivity index (χ1) is 6.66. The molecule has 2 rings (SSSR count). The Morgan fingerprint density at radius 2 is 2.36 bits per heavy atom. The van der Waals surface area contributed by atoms with Gasteiger partial charge in [0.2, 0.25) is 0 Å². The van der Waals surface area contributed by atoms with E-state index in [1.165, 1.54) is 17.7 Å². The first kappa shape index (κ1) is 10.3. The van der Waals surface area contributed by atoms with Gasteiger partial charge in [0.05, 0.1) is 5.01 Å². The number of carbonyl (C=O) groups excluding carboxylic acids is 1. The molecule has 0 spiro atoms. The fraction of sp³-hybridized carbons (Fsp3) is 0.600. The van der Waals surface area contributed by atoms with Crippen LogP contribution in [0.4, 0.5) is 0 Å². The average Bonchev–Trinajstić information content (AvgIpc) is 2.88. The fourth-order valence-electron chi connectivity index (χ4n) is 1.34. The first-order valence-corrected chi connectivity index (χ1v) is 6.42. The van der Waals surface area contributed by atoms with Gasteiger partial charge in [-0.1, -0.05) is 0 Å². The average molecular weight is 274 g/mol. The van der Waals surface area contributed by atoms with Gasteiger partial charge in [-0.2, -0.15) is 0 Å². The van der Waals surface area contributed by atoms with Gasteiger partial charge in [0, 0.05) is 17.7 Å². The highest BCUT2D eigenvalue weighted by atomic mass is 79.9. The molecule has 4 heteroatoms. The maximum absolute atomic E-state index is 10.8. The van der Waals surface area contributed by atoms with Gasteiger partial charge in [-0.25, -0.2) is 4.98 Å². The number of ketones is 1. The van der Waals surface area contributed by atoms with Crippen molar-refractivity contribution in [1.82, 2.24) is 4.98 Å². The molecule has 1 aromatic heterocycles. The molecule has 0 atom stereocenters. The highest BCUT2D eigenvalue weighted by molar-refractivity contribution is 9.10. The molecule has 1 aliphatic rings. The van der Waals surface area contributed by atoms with Crippen molar-refractivity contribution in [3.63, 3.8) is 0 Å². The highest BCUT2D eigenvalue weighted by Crippen LogP contribution is 2.46. The van der Waals surface area contributed by atoms with Crippen LogP contribution in [0.5, 0.6) is 0 Å². The third-order valence-corrected chi connectivity index (χ3v) is 4.44. The second-order valence-corrected chi connectivity index (χ2v) is 5.61. The molecule has 0 aromatic carbocycles. The van der Waals surface area contributed by atoms with Crippen LogP contribution in [-0.2, 0) is 11.2 Å². The molecule has 1 fully saturated rings. The predicted octanol–water partition coefficient (Wildman–Crippen LogP) is 3.30. The van der Waals surface area contributed by atoms with Gasteiger partial charge in [-0.15, -0.1) is 11.3 Å². The Morgan fingerprint density at radius 3 is 2.93 bits per heavy atom. The molecule has 1 aliphatic carbocycles. The summed E-state index contributed by atoms with van der Waals surface area (Å²) in [5.41, 5.74) is 0. The van der Waals surface area contributed by atoms with Crippen LogP contribution in [0.1, 0.15) is 42.0 Å². The summed E-state index contributed by atoms with van der Waals surface area (Å²) in [6, 6.07) is 0. The minimum atomic E-state index is 0.240. The molecule has 76 valence electrons. The van der Waals surface area contributed by atoms with E-state index in [1.54, 1.807) is 18.3 Å². The van der Waals surface area contributed by atoms with E-state index in [-0.39, 0.29) is 5.78 Å². The number of nitrogens with zero attached hydrogens (tertiary/aromatic N) is 1. The topological polar surface area (TPSA) is 30.0 Å². The van der Waals surface area contributed by atoms with Crippen LogP contribution in [0.25, 0.3) is 0 Å². The third kappa shape index (κ3) is 2.42. The standard InChI is InChI=1S/C10H12BrNOS/c1-6(13)2-5-8-12-10(11)9(14-8)7-3-4-7/h7H,2-5H2,1H3. The molecule has 14 heavy (non-hydrogen) atoms. The van der Waals surface area contributed by atoms with E-state index in [2.05, 4.69) is 20.9 Å². The molecular weight excluding hydrogens is 262 g/mol. The van der Waals surface area contributed by atoms with Crippen LogP contribution in [0.15, 0.2) is 4.60 Å². The number of halogens is 1. The van der Waals surface area contributed by atoms with E-state index in [0.717, 1.165) is 21.9 Å². The van der Waals surface area contributed by atoms with Crippen LogP contribution in [0, 0.1) is 0 Å². The summed E-state index contributed by atoms with van der Waals surface area (Å²) in [7, 11) is 0. The Balaban J connectivity index is 2.04. The zero-order valence-corrected chi connectivity index (χ0v) is 10.4. The molecular formula is C10H12BrNOS. The molecule has 1 saturated carbocycles. The van der Waals surface area contributed by atoms with E-state index in [0.29, 0.717) is 6.42 Å². The zero-order chi connectivity index (χ0) is 10.1. The Hall–Kier alpha value is -0.220. The number of hydrogen-bond donors (Lipinski definition) is 0. The van der Waals surface area contributed by atoms with Crippen molar-refractivity contribution in [3.8, 4) is 0 Å². The monoisotopic (exact) mass is 273 g/mol. The van der Waals surface area contributed by atoms with Gasteiger partial charge in [0.1, 0.15) is 10.4 Å². The lowest BCUT2D eigenvalue weighted by atomic mass is 10.2. The van der Waals surface area contributed by atoms with Crippen LogP contribution in [0.3, 0.4) is 0 Å². The minimum absolute atomic E-state index is 0.240. The van der Waals surface area contributed by atoms with Gasteiger partial charge in [0.15, 0.2) is 0 Å². The second-order valence-electron chi connectivity index (χ2n) is 3.74. The number of carbonyl (C=O) groups is 1. The van der Waals surface area contributed by atoms with E-state index in [1.807, 2.05) is 0 Å². The number of aromatic nitrogens is 1. The Labute approximate surface area is 95.9 Å². The Morgan fingerprint density at radius 1 is 1.64 bits per heavy atom. The molecule has 2 nitrogen and oxygen atoms in total. The predicted molar refractivity (Wildman–Crippen MR) is 60.8 cm³/mol. The van der Waals surface area contributed by atoms with Crippen molar-refractivity contribution >= 4 is 33.0 Å². The molecule has 1 aromatic rings. The van der Waals surface area contributed by atoms with Gasteiger partial charge in [0.25, 0.3) is 0 Å². The Kier molecular flexibility index (Phi) is 3.02. The summed E-state index contributed by atoms with van der Waals surface area (Å²) in [5.74, 6) is 0.984. The first-order valence-electron chi connectivity index (χ1n) is 4.81. The molecule has 0 radical (unpaired) electrons. The number of aryl methyl sites for hydroxylation is 1. The highest BCUT2D eigenvalue weighted by Gasteiger charge is 2.28. The van der Waals surface area contributed by atoms with Gasteiger partial charge < -0.3 is 4.79 Å². The van der Waals surface area contributed by atoms with Crippen molar-refractivity contribution < 1.29 is 4.79 Å². The van der Waals surface area contributed by atoms with Crippen molar-refractivity contribution in [2.45, 2.75) is 38.5 Å². The normalized spacial score (nSPS) is 15.9. The molecule has 0 unspecified atom stereocenters. The lowest BCUT2D eigenvalue weighted by molar-refractivity contribution is -0.116. The summed E-state index contributed by atoms with van der Waals surface area (Å²) < 4.78 is 1.00. The second kappa shape index (κ2) is 4.11. The van der Waals surface area contributed by atoms with Crippen molar-refractivity contribution in [2.75, 3.05) is 0 Å². The fourth-order valence-corrected chi connectivity index (χ4v) is 3.37. The third-order valence-electron chi connectivity index (χ3n) is 2.29. The molecule has 0 saturated heterocycles. The van der Waals surface area contributed by atoms with Crippen LogP contribution >= 0.6 is 27.3 Å². The summed E-state index contributed by atoms with van der Waals surface area (Å²) in [5, 5.41) is 1.09. The molecule has 0 aliphatic heterocycles. The van der Waals surface area contributed by atoms with Gasteiger partial charge in [-0.05, 0) is 41.6 Å². The lowest BCUT2D eigenvalue weighted by Gasteiger charge is -1.90. The molecule has 0 bridgehead atoms. The lowest BCUT2D eigenvalue weighted by Crippen LogP contribution is -1.92. The molecule has 1 heterocycles. The number of hydrogen-bond acceptors (Lipinski definition) is 3. The number of thiazole rings is 1. The summed E-state index contributed by atoms with van der Waals surface area (Å²) in [6.45, 7) is 1.63. The maximum Gasteiger partial charge on any atom is 0.130 e. The van der Waals surface area contributed by atoms with E-state index in [4.69, 9.17) is 0 Å². The molecule has 0 N–H and O–H groups in total. The van der Waals surface area contributed by atoms with Gasteiger partial charge in [-0.3, -0.25) is 0 Å². The van der Waals surface area contributed by atoms with Crippen molar-refractivity contribution in [3.05, 3.63) is 14.5 Å². The quantitative estimate of drug-likeness (QED) is 0.843. The van der Waals surface area contributed by atoms with Crippen LogP contribution in [0.2, 0.25) is 0 Å². The molecule has 0 amide bonds. The van der Waals surface area contributed by atoms with Crippen molar-refractivity contribution in [2.24, 2.45) is 0 Å². The van der Waals surface area contributed by atoms with Gasteiger partial charge >= 0.3 is 0 Å².